The number of hydrogen-bond donors (Lipinski definition) is 1. The molecule has 1 heterocycles. The fourth-order valence-corrected chi connectivity index (χ4v) is 3.07. The van der Waals surface area contributed by atoms with E-state index >= 15 is 0 Å². The van der Waals surface area contributed by atoms with Gasteiger partial charge in [0.05, 0.1) is 0 Å². The Morgan fingerprint density at radius 3 is 2.50 bits per heavy atom. The predicted octanol–water partition coefficient (Wildman–Crippen LogP) is 3.26. The summed E-state index contributed by atoms with van der Waals surface area (Å²) in [5, 5.41) is 4.94. The quantitative estimate of drug-likeness (QED) is 0.884. The van der Waals surface area contributed by atoms with Gasteiger partial charge in [0.25, 0.3) is 5.91 Å². The lowest BCUT2D eigenvalue weighted by molar-refractivity contribution is -0.131. The van der Waals surface area contributed by atoms with Crippen molar-refractivity contribution in [2.24, 2.45) is 5.92 Å². The van der Waals surface area contributed by atoms with E-state index in [9.17, 15) is 9.59 Å². The number of amides is 3. The number of hydrogen-bond acceptors (Lipinski definition) is 2. The van der Waals surface area contributed by atoms with Crippen molar-refractivity contribution in [3.8, 4) is 0 Å². The van der Waals surface area contributed by atoms with Gasteiger partial charge in [-0.2, -0.15) is 0 Å². The van der Waals surface area contributed by atoms with E-state index in [1.165, 1.54) is 4.90 Å². The maximum Gasteiger partial charge on any atom is 0.325 e. The van der Waals surface area contributed by atoms with Crippen LogP contribution in [-0.2, 0) is 10.3 Å². The Balaban J connectivity index is 2.10. The lowest BCUT2D eigenvalue weighted by Gasteiger charge is -2.24. The average Bonchev–Trinajstić information content (AvgIpc) is 2.70. The number of fused-ring (bicyclic) bond motifs is 1. The predicted molar refractivity (Wildman–Crippen MR) is 86.4 cm³/mol. The van der Waals surface area contributed by atoms with Gasteiger partial charge in [0.1, 0.15) is 5.54 Å². The minimum Gasteiger partial charge on any atom is -0.319 e. The van der Waals surface area contributed by atoms with Gasteiger partial charge in [-0.1, -0.05) is 56.3 Å². The number of benzene rings is 2. The van der Waals surface area contributed by atoms with Gasteiger partial charge in [-0.15, -0.1) is 0 Å². The van der Waals surface area contributed by atoms with Crippen LogP contribution < -0.4 is 5.32 Å². The highest BCUT2D eigenvalue weighted by Crippen LogP contribution is 2.34. The van der Waals surface area contributed by atoms with Crippen LogP contribution in [0.25, 0.3) is 10.8 Å². The van der Waals surface area contributed by atoms with Crippen molar-refractivity contribution in [2.45, 2.75) is 26.3 Å². The number of nitrogens with one attached hydrogen (secondary N) is 1. The molecule has 0 aliphatic carbocycles. The maximum atomic E-state index is 12.9. The van der Waals surface area contributed by atoms with Crippen LogP contribution in [0.4, 0.5) is 4.79 Å². The molecule has 1 N–H and O–H groups in total. The molecule has 114 valence electrons. The fraction of sp³-hybridized carbons (Fsp3) is 0.333. The minimum absolute atomic E-state index is 0.178. The molecule has 4 nitrogen and oxygen atoms in total. The highest BCUT2D eigenvalue weighted by atomic mass is 16.2. The Morgan fingerprint density at radius 1 is 1.09 bits per heavy atom. The molecule has 3 rings (SSSR count). The molecule has 22 heavy (non-hydrogen) atoms. The second-order valence-corrected chi connectivity index (χ2v) is 6.39. The molecule has 4 heteroatoms. The smallest absolute Gasteiger partial charge is 0.319 e. The van der Waals surface area contributed by atoms with Crippen LogP contribution >= 0.6 is 0 Å². The van der Waals surface area contributed by atoms with Gasteiger partial charge in [0.2, 0.25) is 0 Å². The molecule has 1 atom stereocenters. The van der Waals surface area contributed by atoms with Crippen molar-refractivity contribution in [1.29, 1.82) is 0 Å². The Kier molecular flexibility index (Phi) is 3.39. The molecule has 1 aliphatic heterocycles. The van der Waals surface area contributed by atoms with Crippen LogP contribution in [-0.4, -0.2) is 23.4 Å². The molecule has 2 aromatic rings. The van der Waals surface area contributed by atoms with Crippen LogP contribution in [0.15, 0.2) is 42.5 Å². The molecule has 0 unspecified atom stereocenters. The summed E-state index contributed by atoms with van der Waals surface area (Å²) in [6.45, 7) is 6.21. The lowest BCUT2D eigenvalue weighted by Crippen LogP contribution is -2.41. The summed E-state index contributed by atoms with van der Waals surface area (Å²) < 4.78 is 0. The normalized spacial score (nSPS) is 21.7. The number of carbonyl (C=O) groups is 2. The number of imide groups is 1. The van der Waals surface area contributed by atoms with Crippen molar-refractivity contribution in [3.05, 3.63) is 48.0 Å². The van der Waals surface area contributed by atoms with Crippen molar-refractivity contribution >= 4 is 22.7 Å². The zero-order valence-corrected chi connectivity index (χ0v) is 13.1. The summed E-state index contributed by atoms with van der Waals surface area (Å²) in [7, 11) is 0. The molecule has 1 fully saturated rings. The van der Waals surface area contributed by atoms with Gasteiger partial charge in [0, 0.05) is 6.54 Å². The topological polar surface area (TPSA) is 49.4 Å². The van der Waals surface area contributed by atoms with Crippen molar-refractivity contribution in [1.82, 2.24) is 10.2 Å². The molecule has 0 radical (unpaired) electrons. The first-order valence-electron chi connectivity index (χ1n) is 7.56. The van der Waals surface area contributed by atoms with E-state index in [0.717, 1.165) is 16.3 Å². The average molecular weight is 296 g/mol. The molecule has 3 amide bonds. The fourth-order valence-electron chi connectivity index (χ4n) is 3.07. The van der Waals surface area contributed by atoms with E-state index in [4.69, 9.17) is 0 Å². The van der Waals surface area contributed by atoms with Crippen LogP contribution in [0.5, 0.6) is 0 Å². The second kappa shape index (κ2) is 5.13. The first-order chi connectivity index (χ1) is 10.4. The number of urea groups is 1. The monoisotopic (exact) mass is 296 g/mol. The zero-order valence-electron chi connectivity index (χ0n) is 13.1. The van der Waals surface area contributed by atoms with Crippen molar-refractivity contribution < 1.29 is 9.59 Å². The first-order valence-corrected chi connectivity index (χ1v) is 7.56. The van der Waals surface area contributed by atoms with Crippen LogP contribution in [0.1, 0.15) is 26.3 Å². The summed E-state index contributed by atoms with van der Waals surface area (Å²) in [5.41, 5.74) is -0.164. The Labute approximate surface area is 130 Å². The number of nitrogens with zero attached hydrogens (tertiary/aromatic N) is 1. The largest absolute Gasteiger partial charge is 0.325 e. The van der Waals surface area contributed by atoms with Gasteiger partial charge < -0.3 is 5.32 Å². The van der Waals surface area contributed by atoms with Crippen molar-refractivity contribution in [2.75, 3.05) is 6.54 Å². The Morgan fingerprint density at radius 2 is 1.77 bits per heavy atom. The summed E-state index contributed by atoms with van der Waals surface area (Å²) in [6, 6.07) is 13.4. The third-order valence-electron chi connectivity index (χ3n) is 4.15. The van der Waals surface area contributed by atoms with Gasteiger partial charge in [-0.05, 0) is 29.2 Å². The van der Waals surface area contributed by atoms with E-state index in [1.54, 1.807) is 6.92 Å². The Hall–Kier alpha value is -2.36. The molecule has 2 aromatic carbocycles. The van der Waals surface area contributed by atoms with E-state index in [-0.39, 0.29) is 17.9 Å². The summed E-state index contributed by atoms with van der Waals surface area (Å²) in [5.74, 6) is 0.0621. The molecular formula is C18H20N2O2. The lowest BCUT2D eigenvalue weighted by atomic mass is 9.87. The van der Waals surface area contributed by atoms with E-state index in [2.05, 4.69) is 5.32 Å². The molecular weight excluding hydrogens is 276 g/mol. The molecule has 1 aliphatic rings. The van der Waals surface area contributed by atoms with Crippen LogP contribution in [0.3, 0.4) is 0 Å². The van der Waals surface area contributed by atoms with Crippen LogP contribution in [0, 0.1) is 5.92 Å². The third kappa shape index (κ3) is 2.15. The van der Waals surface area contributed by atoms with Gasteiger partial charge in [-0.3, -0.25) is 9.69 Å². The molecule has 0 aromatic heterocycles. The number of rotatable bonds is 3. The summed E-state index contributed by atoms with van der Waals surface area (Å²) >= 11 is 0. The summed E-state index contributed by atoms with van der Waals surface area (Å²) in [6.07, 6.45) is 0. The minimum atomic E-state index is -1.01. The SMILES string of the molecule is CC(C)CN1C(=O)N[C@](C)(c2cccc3ccccc23)C1=O. The third-order valence-corrected chi connectivity index (χ3v) is 4.15. The van der Waals surface area contributed by atoms with E-state index < -0.39 is 5.54 Å². The van der Waals surface area contributed by atoms with Crippen LogP contribution in [0.2, 0.25) is 0 Å². The summed E-state index contributed by atoms with van der Waals surface area (Å²) in [4.78, 5) is 26.4. The van der Waals surface area contributed by atoms with E-state index in [1.807, 2.05) is 56.3 Å². The van der Waals surface area contributed by atoms with Gasteiger partial charge in [-0.25, -0.2) is 4.79 Å². The first kappa shape index (κ1) is 14.6. The maximum absolute atomic E-state index is 12.9. The standard InChI is InChI=1S/C18H20N2O2/c1-12(2)11-20-16(21)18(3,19-17(20)22)15-10-6-8-13-7-4-5-9-14(13)15/h4-10,12H,11H2,1-3H3,(H,19,22)/t18-/m1/s1. The number of carbonyl (C=O) groups excluding carboxylic acids is 2. The zero-order chi connectivity index (χ0) is 15.9. The Bertz CT molecular complexity index is 748. The molecule has 1 saturated heterocycles. The highest BCUT2D eigenvalue weighted by molar-refractivity contribution is 6.09. The molecule has 0 bridgehead atoms. The second-order valence-electron chi connectivity index (χ2n) is 6.39. The molecule has 0 spiro atoms. The van der Waals surface area contributed by atoms with Gasteiger partial charge in [0.15, 0.2) is 0 Å². The van der Waals surface area contributed by atoms with Gasteiger partial charge >= 0.3 is 6.03 Å². The molecule has 0 saturated carbocycles. The van der Waals surface area contributed by atoms with E-state index in [0.29, 0.717) is 6.54 Å². The highest BCUT2D eigenvalue weighted by Gasteiger charge is 2.49. The van der Waals surface area contributed by atoms with Crippen molar-refractivity contribution in [3.63, 3.8) is 0 Å².